The van der Waals surface area contributed by atoms with Gasteiger partial charge >= 0.3 is 0 Å². The van der Waals surface area contributed by atoms with Crippen molar-refractivity contribution in [3.8, 4) is 0 Å². The Morgan fingerprint density at radius 3 is 2.33 bits per heavy atom. The van der Waals surface area contributed by atoms with Crippen molar-refractivity contribution in [1.29, 1.82) is 0 Å². The van der Waals surface area contributed by atoms with Gasteiger partial charge in [0.25, 0.3) is 0 Å². The third-order valence-electron chi connectivity index (χ3n) is 3.08. The summed E-state index contributed by atoms with van der Waals surface area (Å²) in [6.07, 6.45) is 2.82. The smallest absolute Gasteiger partial charge is 0.239 e. The molecular weight excluding hydrogens is 188 g/mol. The van der Waals surface area contributed by atoms with Crippen molar-refractivity contribution in [2.24, 2.45) is 11.7 Å². The molecule has 0 heterocycles. The minimum Gasteiger partial charge on any atom is -0.352 e. The topological polar surface area (TPSA) is 55.1 Å². The average molecular weight is 214 g/mol. The van der Waals surface area contributed by atoms with Crippen LogP contribution < -0.4 is 11.1 Å². The Morgan fingerprint density at radius 2 is 1.93 bits per heavy atom. The summed E-state index contributed by atoms with van der Waals surface area (Å²) in [7, 11) is 0. The molecule has 0 saturated carbocycles. The second kappa shape index (κ2) is 6.11. The lowest BCUT2D eigenvalue weighted by molar-refractivity contribution is -0.126. The van der Waals surface area contributed by atoms with E-state index >= 15 is 0 Å². The van der Waals surface area contributed by atoms with Crippen LogP contribution in [0.15, 0.2) is 0 Å². The maximum Gasteiger partial charge on any atom is 0.239 e. The predicted molar refractivity (Wildman–Crippen MR) is 64.6 cm³/mol. The van der Waals surface area contributed by atoms with E-state index in [1.807, 2.05) is 13.8 Å². The van der Waals surface area contributed by atoms with Gasteiger partial charge in [-0.05, 0) is 32.6 Å². The van der Waals surface area contributed by atoms with Crippen LogP contribution in [0.2, 0.25) is 0 Å². The van der Waals surface area contributed by atoms with E-state index in [-0.39, 0.29) is 11.9 Å². The van der Waals surface area contributed by atoms with Crippen molar-refractivity contribution in [1.82, 2.24) is 5.32 Å². The minimum atomic E-state index is -0.732. The van der Waals surface area contributed by atoms with Gasteiger partial charge in [0.1, 0.15) is 0 Å². The quantitative estimate of drug-likeness (QED) is 0.711. The highest BCUT2D eigenvalue weighted by Crippen LogP contribution is 2.11. The molecule has 0 aliphatic heterocycles. The average Bonchev–Trinajstić information content (AvgIpc) is 2.17. The molecule has 0 aliphatic carbocycles. The number of hydrogen-bond donors (Lipinski definition) is 2. The largest absolute Gasteiger partial charge is 0.352 e. The van der Waals surface area contributed by atoms with Gasteiger partial charge in [0, 0.05) is 6.04 Å². The lowest BCUT2D eigenvalue weighted by Crippen LogP contribution is -2.53. The maximum absolute atomic E-state index is 11.7. The van der Waals surface area contributed by atoms with Crippen molar-refractivity contribution in [2.45, 2.75) is 65.5 Å². The summed E-state index contributed by atoms with van der Waals surface area (Å²) >= 11 is 0. The fourth-order valence-electron chi connectivity index (χ4n) is 1.38. The molecule has 0 fully saturated rings. The first-order valence-electron chi connectivity index (χ1n) is 5.93. The van der Waals surface area contributed by atoms with E-state index in [2.05, 4.69) is 19.2 Å². The van der Waals surface area contributed by atoms with Gasteiger partial charge in [0.15, 0.2) is 0 Å². The number of hydrogen-bond acceptors (Lipinski definition) is 2. The first-order valence-corrected chi connectivity index (χ1v) is 5.93. The molecule has 3 nitrogen and oxygen atoms in total. The molecule has 0 aromatic carbocycles. The zero-order valence-corrected chi connectivity index (χ0v) is 10.8. The first kappa shape index (κ1) is 14.4. The van der Waals surface area contributed by atoms with Gasteiger partial charge in [-0.1, -0.05) is 27.2 Å². The summed E-state index contributed by atoms with van der Waals surface area (Å²) in [5.74, 6) is 0.603. The highest BCUT2D eigenvalue weighted by molar-refractivity contribution is 5.85. The highest BCUT2D eigenvalue weighted by Gasteiger charge is 2.26. The van der Waals surface area contributed by atoms with Gasteiger partial charge in [-0.3, -0.25) is 4.79 Å². The molecule has 3 N–H and O–H groups in total. The van der Waals surface area contributed by atoms with E-state index in [4.69, 9.17) is 5.73 Å². The molecule has 1 amide bonds. The van der Waals surface area contributed by atoms with Gasteiger partial charge in [-0.15, -0.1) is 0 Å². The lowest BCUT2D eigenvalue weighted by Gasteiger charge is -2.25. The highest BCUT2D eigenvalue weighted by atomic mass is 16.2. The maximum atomic E-state index is 11.7. The van der Waals surface area contributed by atoms with E-state index < -0.39 is 5.54 Å². The van der Waals surface area contributed by atoms with Crippen molar-refractivity contribution in [2.75, 3.05) is 0 Å². The van der Waals surface area contributed by atoms with Crippen LogP contribution in [-0.4, -0.2) is 17.5 Å². The summed E-state index contributed by atoms with van der Waals surface area (Å²) in [6, 6.07) is 0.210. The van der Waals surface area contributed by atoms with Crippen LogP contribution >= 0.6 is 0 Å². The van der Waals surface area contributed by atoms with E-state index in [1.165, 1.54) is 0 Å². The third kappa shape index (κ3) is 5.17. The molecule has 0 saturated heterocycles. The van der Waals surface area contributed by atoms with Crippen LogP contribution in [0, 0.1) is 5.92 Å². The number of amides is 1. The SMILES string of the molecule is CCC(C)CC(C)NC(=O)C(C)(N)CC. The van der Waals surface area contributed by atoms with Crippen LogP contribution in [0.5, 0.6) is 0 Å². The second-order valence-electron chi connectivity index (χ2n) is 4.89. The Labute approximate surface area is 93.8 Å². The molecule has 0 aliphatic rings. The number of carbonyl (C=O) groups excluding carboxylic acids is 1. The van der Waals surface area contributed by atoms with Crippen LogP contribution in [-0.2, 0) is 4.79 Å². The summed E-state index contributed by atoms with van der Waals surface area (Å²) < 4.78 is 0. The van der Waals surface area contributed by atoms with Crippen molar-refractivity contribution >= 4 is 5.91 Å². The number of nitrogens with one attached hydrogen (secondary N) is 1. The minimum absolute atomic E-state index is 0.0409. The second-order valence-corrected chi connectivity index (χ2v) is 4.89. The fraction of sp³-hybridized carbons (Fsp3) is 0.917. The Balaban J connectivity index is 4.07. The van der Waals surface area contributed by atoms with Crippen LogP contribution in [0.1, 0.15) is 53.9 Å². The van der Waals surface area contributed by atoms with Gasteiger partial charge < -0.3 is 11.1 Å². The molecule has 0 radical (unpaired) electrons. The van der Waals surface area contributed by atoms with Gasteiger partial charge in [0.05, 0.1) is 5.54 Å². The first-order chi connectivity index (χ1) is 6.83. The normalized spacial score (nSPS) is 19.1. The van der Waals surface area contributed by atoms with Crippen LogP contribution in [0.4, 0.5) is 0 Å². The molecular formula is C12H26N2O. The molecule has 0 aromatic rings. The van der Waals surface area contributed by atoms with Crippen LogP contribution in [0.3, 0.4) is 0 Å². The lowest BCUT2D eigenvalue weighted by atomic mass is 9.96. The van der Waals surface area contributed by atoms with E-state index in [0.717, 1.165) is 12.8 Å². The zero-order valence-electron chi connectivity index (χ0n) is 10.8. The molecule has 15 heavy (non-hydrogen) atoms. The zero-order chi connectivity index (χ0) is 12.1. The summed E-state index contributed by atoms with van der Waals surface area (Å²) in [4.78, 5) is 11.7. The van der Waals surface area contributed by atoms with E-state index in [9.17, 15) is 4.79 Å². The summed E-state index contributed by atoms with van der Waals surface area (Å²) in [5.41, 5.74) is 5.13. The molecule has 3 heteroatoms. The van der Waals surface area contributed by atoms with E-state index in [1.54, 1.807) is 6.92 Å². The Kier molecular flexibility index (Phi) is 5.88. The number of carbonyl (C=O) groups is 1. The standard InChI is InChI=1S/C12H26N2O/c1-6-9(3)8-10(4)14-11(15)12(5,13)7-2/h9-10H,6-8,13H2,1-5H3,(H,14,15). The van der Waals surface area contributed by atoms with Crippen LogP contribution in [0.25, 0.3) is 0 Å². The number of rotatable bonds is 6. The Bertz CT molecular complexity index is 202. The molecule has 90 valence electrons. The molecule has 0 rings (SSSR count). The summed E-state index contributed by atoms with van der Waals surface area (Å²) in [5, 5.41) is 2.97. The van der Waals surface area contributed by atoms with E-state index in [0.29, 0.717) is 12.3 Å². The Hall–Kier alpha value is -0.570. The molecule has 0 aromatic heterocycles. The third-order valence-corrected chi connectivity index (χ3v) is 3.08. The number of nitrogens with two attached hydrogens (primary N) is 1. The molecule has 3 unspecified atom stereocenters. The fourth-order valence-corrected chi connectivity index (χ4v) is 1.38. The predicted octanol–water partition coefficient (Wildman–Crippen LogP) is 2.05. The van der Waals surface area contributed by atoms with Gasteiger partial charge in [-0.2, -0.15) is 0 Å². The van der Waals surface area contributed by atoms with Crippen molar-refractivity contribution < 1.29 is 4.79 Å². The molecule has 0 spiro atoms. The van der Waals surface area contributed by atoms with Crippen molar-refractivity contribution in [3.63, 3.8) is 0 Å². The van der Waals surface area contributed by atoms with Gasteiger partial charge in [0.2, 0.25) is 5.91 Å². The Morgan fingerprint density at radius 1 is 1.40 bits per heavy atom. The molecule has 0 bridgehead atoms. The van der Waals surface area contributed by atoms with Crippen molar-refractivity contribution in [3.05, 3.63) is 0 Å². The molecule has 3 atom stereocenters. The van der Waals surface area contributed by atoms with Gasteiger partial charge in [-0.25, -0.2) is 0 Å². The monoisotopic (exact) mass is 214 g/mol. The summed E-state index contributed by atoms with van der Waals surface area (Å²) in [6.45, 7) is 10.1.